The van der Waals surface area contributed by atoms with Crippen LogP contribution < -0.4 is 11.5 Å². The number of carbonyl (C=O) groups is 2. The number of hydrogen-bond acceptors (Lipinski definition) is 4. The fourth-order valence-corrected chi connectivity index (χ4v) is 1.53. The SMILES string of the molecule is COCCC(N)C(=O)N1CCC1C(N)=O. The summed E-state index contributed by atoms with van der Waals surface area (Å²) in [5.41, 5.74) is 10.8. The van der Waals surface area contributed by atoms with Gasteiger partial charge in [0.25, 0.3) is 0 Å². The normalized spacial score (nSPS) is 22.0. The quantitative estimate of drug-likeness (QED) is 0.579. The zero-order chi connectivity index (χ0) is 11.4. The average Bonchev–Trinajstić information content (AvgIpc) is 2.11. The summed E-state index contributed by atoms with van der Waals surface area (Å²) >= 11 is 0. The molecule has 1 rings (SSSR count). The van der Waals surface area contributed by atoms with Crippen LogP contribution in [0.15, 0.2) is 0 Å². The zero-order valence-electron chi connectivity index (χ0n) is 8.81. The number of likely N-dealkylation sites (tertiary alicyclic amines) is 1. The van der Waals surface area contributed by atoms with Crippen molar-refractivity contribution in [2.75, 3.05) is 20.3 Å². The lowest BCUT2D eigenvalue weighted by atomic mass is 10.0. The van der Waals surface area contributed by atoms with Gasteiger partial charge in [0.05, 0.1) is 6.04 Å². The molecule has 0 aromatic carbocycles. The number of nitrogens with two attached hydrogens (primary N) is 2. The number of rotatable bonds is 5. The Balaban J connectivity index is 2.43. The number of methoxy groups -OCH3 is 1. The van der Waals surface area contributed by atoms with Crippen LogP contribution in [-0.4, -0.2) is 49.1 Å². The second-order valence-corrected chi connectivity index (χ2v) is 3.63. The second kappa shape index (κ2) is 5.09. The van der Waals surface area contributed by atoms with Crippen LogP contribution in [0, 0.1) is 0 Å². The maximum atomic E-state index is 11.7. The number of primary amides is 1. The predicted molar refractivity (Wildman–Crippen MR) is 53.8 cm³/mol. The monoisotopic (exact) mass is 215 g/mol. The first-order valence-electron chi connectivity index (χ1n) is 4.92. The Labute approximate surface area is 88.5 Å². The number of nitrogens with zero attached hydrogens (tertiary/aromatic N) is 1. The van der Waals surface area contributed by atoms with Crippen molar-refractivity contribution in [1.29, 1.82) is 0 Å². The maximum Gasteiger partial charge on any atom is 0.240 e. The molecule has 6 nitrogen and oxygen atoms in total. The van der Waals surface area contributed by atoms with E-state index in [1.165, 1.54) is 4.90 Å². The van der Waals surface area contributed by atoms with Crippen molar-refractivity contribution in [1.82, 2.24) is 4.90 Å². The second-order valence-electron chi connectivity index (χ2n) is 3.63. The maximum absolute atomic E-state index is 11.7. The summed E-state index contributed by atoms with van der Waals surface area (Å²) < 4.78 is 4.83. The third kappa shape index (κ3) is 2.66. The molecule has 1 saturated heterocycles. The molecule has 2 unspecified atom stereocenters. The van der Waals surface area contributed by atoms with Crippen LogP contribution in [0.4, 0.5) is 0 Å². The minimum Gasteiger partial charge on any atom is -0.385 e. The van der Waals surface area contributed by atoms with Crippen molar-refractivity contribution in [3.05, 3.63) is 0 Å². The van der Waals surface area contributed by atoms with Crippen LogP contribution in [0.25, 0.3) is 0 Å². The first kappa shape index (κ1) is 11.9. The van der Waals surface area contributed by atoms with Crippen LogP contribution in [0.5, 0.6) is 0 Å². The summed E-state index contributed by atoms with van der Waals surface area (Å²) in [6.07, 6.45) is 1.09. The Bertz CT molecular complexity index is 257. The number of carbonyl (C=O) groups excluding carboxylic acids is 2. The first-order valence-corrected chi connectivity index (χ1v) is 4.92. The third-order valence-electron chi connectivity index (χ3n) is 2.58. The zero-order valence-corrected chi connectivity index (χ0v) is 8.81. The number of ether oxygens (including phenoxy) is 1. The van der Waals surface area contributed by atoms with Crippen molar-refractivity contribution in [2.45, 2.75) is 24.9 Å². The van der Waals surface area contributed by atoms with Crippen molar-refractivity contribution in [3.63, 3.8) is 0 Å². The highest BCUT2D eigenvalue weighted by molar-refractivity contribution is 5.90. The minimum atomic E-state index is -0.605. The van der Waals surface area contributed by atoms with E-state index in [4.69, 9.17) is 16.2 Å². The van der Waals surface area contributed by atoms with Gasteiger partial charge in [-0.1, -0.05) is 0 Å². The molecular weight excluding hydrogens is 198 g/mol. The molecule has 0 spiro atoms. The van der Waals surface area contributed by atoms with Gasteiger partial charge in [-0.2, -0.15) is 0 Å². The lowest BCUT2D eigenvalue weighted by Gasteiger charge is -2.40. The molecule has 2 atom stereocenters. The molecular formula is C9H17N3O3. The third-order valence-corrected chi connectivity index (χ3v) is 2.58. The van der Waals surface area contributed by atoms with E-state index in [1.54, 1.807) is 7.11 Å². The van der Waals surface area contributed by atoms with Gasteiger partial charge in [0.1, 0.15) is 6.04 Å². The Morgan fingerprint density at radius 2 is 2.27 bits per heavy atom. The average molecular weight is 215 g/mol. The molecule has 0 aromatic heterocycles. The van der Waals surface area contributed by atoms with Gasteiger partial charge in [0.15, 0.2) is 0 Å². The molecule has 6 heteroatoms. The molecule has 86 valence electrons. The van der Waals surface area contributed by atoms with Gasteiger partial charge in [0, 0.05) is 20.3 Å². The Kier molecular flexibility index (Phi) is 4.05. The van der Waals surface area contributed by atoms with Gasteiger partial charge in [-0.15, -0.1) is 0 Å². The van der Waals surface area contributed by atoms with E-state index < -0.39 is 18.0 Å². The molecule has 1 aliphatic rings. The Morgan fingerprint density at radius 3 is 2.67 bits per heavy atom. The fraction of sp³-hybridized carbons (Fsp3) is 0.778. The van der Waals surface area contributed by atoms with Crippen molar-refractivity contribution < 1.29 is 14.3 Å². The van der Waals surface area contributed by atoms with Gasteiger partial charge in [0.2, 0.25) is 11.8 Å². The molecule has 0 bridgehead atoms. The fourth-order valence-electron chi connectivity index (χ4n) is 1.53. The molecule has 4 N–H and O–H groups in total. The molecule has 0 aromatic rings. The van der Waals surface area contributed by atoms with Gasteiger partial charge in [-0.25, -0.2) is 0 Å². The van der Waals surface area contributed by atoms with Crippen LogP contribution in [0.2, 0.25) is 0 Å². The van der Waals surface area contributed by atoms with Gasteiger partial charge in [-0.05, 0) is 12.8 Å². The van der Waals surface area contributed by atoms with E-state index in [9.17, 15) is 9.59 Å². The van der Waals surface area contributed by atoms with Crippen molar-refractivity contribution >= 4 is 11.8 Å². The summed E-state index contributed by atoms with van der Waals surface area (Å²) in [6.45, 7) is 0.995. The molecule has 0 aliphatic carbocycles. The van der Waals surface area contributed by atoms with Gasteiger partial charge < -0.3 is 21.1 Å². The molecule has 0 saturated carbocycles. The summed E-state index contributed by atoms with van der Waals surface area (Å²) in [5.74, 6) is -0.685. The van der Waals surface area contributed by atoms with Gasteiger partial charge in [-0.3, -0.25) is 9.59 Å². The summed E-state index contributed by atoms with van der Waals surface area (Å²) in [4.78, 5) is 24.0. The highest BCUT2D eigenvalue weighted by atomic mass is 16.5. The van der Waals surface area contributed by atoms with E-state index in [2.05, 4.69) is 0 Å². The molecule has 1 heterocycles. The topological polar surface area (TPSA) is 98.7 Å². The van der Waals surface area contributed by atoms with E-state index in [0.717, 1.165) is 0 Å². The lowest BCUT2D eigenvalue weighted by molar-refractivity contribution is -0.147. The molecule has 15 heavy (non-hydrogen) atoms. The van der Waals surface area contributed by atoms with E-state index in [1.807, 2.05) is 0 Å². The van der Waals surface area contributed by atoms with E-state index in [0.29, 0.717) is 26.0 Å². The summed E-state index contributed by atoms with van der Waals surface area (Å²) in [6, 6.07) is -1.07. The van der Waals surface area contributed by atoms with E-state index in [-0.39, 0.29) is 5.91 Å². The lowest BCUT2D eigenvalue weighted by Crippen LogP contribution is -2.60. The van der Waals surface area contributed by atoms with Crippen LogP contribution in [-0.2, 0) is 14.3 Å². The summed E-state index contributed by atoms with van der Waals surface area (Å²) in [7, 11) is 1.55. The molecule has 2 amide bonds. The van der Waals surface area contributed by atoms with Gasteiger partial charge >= 0.3 is 0 Å². The standard InChI is InChI=1S/C9H17N3O3/c1-15-5-3-6(10)9(14)12-4-2-7(12)8(11)13/h6-7H,2-5,10H2,1H3,(H2,11,13). The van der Waals surface area contributed by atoms with Crippen molar-refractivity contribution in [2.24, 2.45) is 11.5 Å². The largest absolute Gasteiger partial charge is 0.385 e. The van der Waals surface area contributed by atoms with Crippen molar-refractivity contribution in [3.8, 4) is 0 Å². The first-order chi connectivity index (χ1) is 7.07. The smallest absolute Gasteiger partial charge is 0.240 e. The van der Waals surface area contributed by atoms with Crippen LogP contribution >= 0.6 is 0 Å². The molecule has 0 radical (unpaired) electrons. The van der Waals surface area contributed by atoms with E-state index >= 15 is 0 Å². The Hall–Kier alpha value is -1.14. The van der Waals surface area contributed by atoms with Crippen LogP contribution in [0.3, 0.4) is 0 Å². The molecule has 1 fully saturated rings. The Morgan fingerprint density at radius 1 is 1.60 bits per heavy atom. The summed E-state index contributed by atoms with van der Waals surface area (Å²) in [5, 5.41) is 0. The highest BCUT2D eigenvalue weighted by Crippen LogP contribution is 2.18. The highest BCUT2D eigenvalue weighted by Gasteiger charge is 2.37. The minimum absolute atomic E-state index is 0.220. The molecule has 1 aliphatic heterocycles. The number of hydrogen-bond donors (Lipinski definition) is 2. The van der Waals surface area contributed by atoms with Crippen LogP contribution in [0.1, 0.15) is 12.8 Å². The number of amides is 2. The predicted octanol–water partition coefficient (Wildman–Crippen LogP) is -1.56.